The fraction of sp³-hybridized carbons (Fsp3) is 0.565. The molecule has 2 rings (SSSR count). The topological polar surface area (TPSA) is 137 Å². The molecule has 9 nitrogen and oxygen atoms in total. The van der Waals surface area contributed by atoms with Gasteiger partial charge in [-0.2, -0.15) is 12.6 Å². The van der Waals surface area contributed by atoms with Crippen LogP contribution in [0.4, 0.5) is 0 Å². The highest BCUT2D eigenvalue weighted by Crippen LogP contribution is 2.10. The van der Waals surface area contributed by atoms with Crippen molar-refractivity contribution in [2.45, 2.75) is 63.7 Å². The molecule has 0 saturated carbocycles. The van der Waals surface area contributed by atoms with Crippen LogP contribution < -0.4 is 21.3 Å². The van der Waals surface area contributed by atoms with Crippen LogP contribution >= 0.6 is 12.6 Å². The number of carbonyl (C=O) groups excluding carboxylic acids is 3. The van der Waals surface area contributed by atoms with Crippen molar-refractivity contribution in [1.29, 1.82) is 0 Å². The Labute approximate surface area is 199 Å². The van der Waals surface area contributed by atoms with E-state index in [2.05, 4.69) is 33.9 Å². The van der Waals surface area contributed by atoms with E-state index in [1.165, 1.54) is 0 Å². The van der Waals surface area contributed by atoms with Gasteiger partial charge >= 0.3 is 5.97 Å². The minimum Gasteiger partial charge on any atom is -0.480 e. The minimum absolute atomic E-state index is 0.0272. The maximum atomic E-state index is 13.1. The number of aliphatic carboxylic acids is 1. The number of benzene rings is 1. The second kappa shape index (κ2) is 13.2. The zero-order chi connectivity index (χ0) is 24.4. The quantitative estimate of drug-likeness (QED) is 0.242. The maximum Gasteiger partial charge on any atom is 0.326 e. The van der Waals surface area contributed by atoms with Gasteiger partial charge in [-0.15, -0.1) is 0 Å². The van der Waals surface area contributed by atoms with E-state index in [1.54, 1.807) is 6.92 Å². The van der Waals surface area contributed by atoms with E-state index < -0.39 is 35.9 Å². The third-order valence-corrected chi connectivity index (χ3v) is 6.25. The zero-order valence-corrected chi connectivity index (χ0v) is 19.9. The van der Waals surface area contributed by atoms with Crippen molar-refractivity contribution < 1.29 is 24.3 Å². The van der Waals surface area contributed by atoms with E-state index >= 15 is 0 Å². The number of carbonyl (C=O) groups is 4. The zero-order valence-electron chi connectivity index (χ0n) is 19.0. The molecule has 33 heavy (non-hydrogen) atoms. The smallest absolute Gasteiger partial charge is 0.326 e. The van der Waals surface area contributed by atoms with E-state index in [0.717, 1.165) is 18.5 Å². The number of hydrogen-bond donors (Lipinski definition) is 6. The first-order valence-corrected chi connectivity index (χ1v) is 11.9. The molecular formula is C23H34N4O5S. The minimum atomic E-state index is -1.14. The van der Waals surface area contributed by atoms with E-state index in [4.69, 9.17) is 0 Å². The Bertz CT molecular complexity index is 816. The third kappa shape index (κ3) is 8.04. The number of nitrogens with one attached hydrogen (secondary N) is 4. The van der Waals surface area contributed by atoms with Crippen LogP contribution in [0.2, 0.25) is 0 Å². The third-order valence-electron chi connectivity index (χ3n) is 5.88. The van der Waals surface area contributed by atoms with Crippen LogP contribution in [0.15, 0.2) is 30.3 Å². The molecule has 1 fully saturated rings. The Morgan fingerprint density at radius 3 is 2.30 bits per heavy atom. The molecule has 0 aliphatic carbocycles. The van der Waals surface area contributed by atoms with Gasteiger partial charge in [0.1, 0.15) is 18.1 Å². The lowest BCUT2D eigenvalue weighted by Crippen LogP contribution is -2.58. The van der Waals surface area contributed by atoms with E-state index in [1.807, 2.05) is 37.3 Å². The molecule has 182 valence electrons. The molecule has 1 aromatic carbocycles. The van der Waals surface area contributed by atoms with Crippen LogP contribution in [0.1, 0.15) is 38.7 Å². The van der Waals surface area contributed by atoms with Crippen LogP contribution in [0, 0.1) is 5.92 Å². The van der Waals surface area contributed by atoms with E-state index in [0.29, 0.717) is 12.8 Å². The highest BCUT2D eigenvalue weighted by molar-refractivity contribution is 7.80. The summed E-state index contributed by atoms with van der Waals surface area (Å²) >= 11 is 4.17. The first-order chi connectivity index (χ1) is 15.8. The fourth-order valence-corrected chi connectivity index (χ4v) is 3.90. The molecule has 0 spiro atoms. The number of rotatable bonds is 12. The lowest BCUT2D eigenvalue weighted by molar-refractivity contribution is -0.143. The number of carboxylic acids is 1. The van der Waals surface area contributed by atoms with Crippen molar-refractivity contribution in [3.05, 3.63) is 35.9 Å². The molecule has 0 radical (unpaired) electrons. The average molecular weight is 479 g/mol. The Morgan fingerprint density at radius 2 is 1.76 bits per heavy atom. The summed E-state index contributed by atoms with van der Waals surface area (Å²) in [5, 5.41) is 20.5. The number of hydrogen-bond acceptors (Lipinski definition) is 6. The Balaban J connectivity index is 2.11. The summed E-state index contributed by atoms with van der Waals surface area (Å²) in [6.45, 7) is 4.31. The number of thiol groups is 1. The number of carboxylic acid groups (broad SMARTS) is 1. The molecule has 1 aliphatic rings. The summed E-state index contributed by atoms with van der Waals surface area (Å²) in [4.78, 5) is 50.0. The Kier molecular flexibility index (Phi) is 10.7. The first-order valence-electron chi connectivity index (χ1n) is 11.3. The van der Waals surface area contributed by atoms with Crippen molar-refractivity contribution in [1.82, 2.24) is 21.3 Å². The predicted octanol–water partition coefficient (Wildman–Crippen LogP) is 0.496. The molecule has 0 bridgehead atoms. The summed E-state index contributed by atoms with van der Waals surface area (Å²) in [6, 6.07) is 5.87. The van der Waals surface area contributed by atoms with Crippen LogP contribution in [0.3, 0.4) is 0 Å². The van der Waals surface area contributed by atoms with Crippen LogP contribution in [-0.4, -0.2) is 65.3 Å². The predicted molar refractivity (Wildman–Crippen MR) is 128 cm³/mol. The summed E-state index contributed by atoms with van der Waals surface area (Å²) in [5.41, 5.74) is 0.854. The SMILES string of the molecule is CCC(C)C(NC(=O)C(CS)NC(=O)C(Cc1ccccc1)NC(=O)C1CCCN1)C(=O)O. The summed E-state index contributed by atoms with van der Waals surface area (Å²) < 4.78 is 0. The van der Waals surface area contributed by atoms with Crippen LogP contribution in [0.5, 0.6) is 0 Å². The molecule has 3 amide bonds. The molecule has 1 heterocycles. The van der Waals surface area contributed by atoms with Crippen molar-refractivity contribution in [3.8, 4) is 0 Å². The molecule has 5 N–H and O–H groups in total. The summed E-state index contributed by atoms with van der Waals surface area (Å²) in [5.74, 6) is -2.88. The van der Waals surface area contributed by atoms with Gasteiger partial charge in [-0.1, -0.05) is 50.6 Å². The highest BCUT2D eigenvalue weighted by atomic mass is 32.1. The van der Waals surface area contributed by atoms with Gasteiger partial charge in [-0.25, -0.2) is 4.79 Å². The second-order valence-corrected chi connectivity index (χ2v) is 8.72. The summed E-state index contributed by atoms with van der Waals surface area (Å²) in [6.07, 6.45) is 2.39. The highest BCUT2D eigenvalue weighted by Gasteiger charge is 2.32. The average Bonchev–Trinajstić information content (AvgIpc) is 3.35. The van der Waals surface area contributed by atoms with Crippen LogP contribution in [-0.2, 0) is 25.6 Å². The second-order valence-electron chi connectivity index (χ2n) is 8.35. The van der Waals surface area contributed by atoms with E-state index in [-0.39, 0.29) is 30.0 Å². The van der Waals surface area contributed by atoms with Gasteiger partial charge < -0.3 is 26.4 Å². The summed E-state index contributed by atoms with van der Waals surface area (Å²) in [7, 11) is 0. The molecular weight excluding hydrogens is 444 g/mol. The Hall–Kier alpha value is -2.59. The van der Waals surface area contributed by atoms with Crippen LogP contribution in [0.25, 0.3) is 0 Å². The van der Waals surface area contributed by atoms with Gasteiger partial charge in [0.05, 0.1) is 6.04 Å². The molecule has 1 aliphatic heterocycles. The number of amides is 3. The molecule has 5 atom stereocenters. The monoisotopic (exact) mass is 478 g/mol. The standard InChI is InChI=1S/C23H34N4O5S/c1-3-14(2)19(23(31)32)27-22(30)18(13-33)26-21(29)17(12-15-8-5-4-6-9-15)25-20(28)16-10-7-11-24-16/h4-6,8-9,14,16-19,24,33H,3,7,10-13H2,1-2H3,(H,25,28)(H,26,29)(H,27,30)(H,31,32). The maximum absolute atomic E-state index is 13.1. The molecule has 0 aromatic heterocycles. The van der Waals surface area contributed by atoms with Gasteiger partial charge in [-0.3, -0.25) is 14.4 Å². The van der Waals surface area contributed by atoms with Crippen molar-refractivity contribution in [2.75, 3.05) is 12.3 Å². The van der Waals surface area contributed by atoms with Gasteiger partial charge in [0, 0.05) is 12.2 Å². The van der Waals surface area contributed by atoms with Gasteiger partial charge in [0.25, 0.3) is 0 Å². The van der Waals surface area contributed by atoms with Gasteiger partial charge in [0.15, 0.2) is 0 Å². The lowest BCUT2D eigenvalue weighted by atomic mass is 9.99. The van der Waals surface area contributed by atoms with Gasteiger partial charge in [0.2, 0.25) is 17.7 Å². The Morgan fingerprint density at radius 1 is 1.09 bits per heavy atom. The van der Waals surface area contributed by atoms with E-state index in [9.17, 15) is 24.3 Å². The largest absolute Gasteiger partial charge is 0.480 e. The molecule has 5 unspecified atom stereocenters. The fourth-order valence-electron chi connectivity index (χ4n) is 3.64. The first kappa shape index (κ1) is 26.7. The molecule has 1 aromatic rings. The lowest BCUT2D eigenvalue weighted by Gasteiger charge is -2.26. The van der Waals surface area contributed by atoms with Gasteiger partial charge in [-0.05, 0) is 30.9 Å². The molecule has 10 heteroatoms. The van der Waals surface area contributed by atoms with Crippen molar-refractivity contribution in [2.24, 2.45) is 5.92 Å². The molecule has 1 saturated heterocycles. The van der Waals surface area contributed by atoms with Crippen molar-refractivity contribution >= 4 is 36.3 Å². The normalized spacial score (nSPS) is 19.1. The van der Waals surface area contributed by atoms with Crippen molar-refractivity contribution in [3.63, 3.8) is 0 Å².